The maximum atomic E-state index is 12.0. The zero-order chi connectivity index (χ0) is 22.5. The van der Waals surface area contributed by atoms with Crippen molar-refractivity contribution < 1.29 is 9.53 Å². The summed E-state index contributed by atoms with van der Waals surface area (Å²) in [4.78, 5) is 23.4. The number of aromatic nitrogens is 2. The summed E-state index contributed by atoms with van der Waals surface area (Å²) in [6.45, 7) is 2.69. The van der Waals surface area contributed by atoms with Gasteiger partial charge in [-0.2, -0.15) is 0 Å². The highest BCUT2D eigenvalue weighted by atomic mass is 32.1. The average molecular weight is 459 g/mol. The molecule has 7 heteroatoms. The number of nitrogens with one attached hydrogen (secondary N) is 1. The van der Waals surface area contributed by atoms with Crippen molar-refractivity contribution in [2.45, 2.75) is 19.4 Å². The maximum Gasteiger partial charge on any atom is 0.407 e. The Kier molecular flexibility index (Phi) is 6.48. The lowest BCUT2D eigenvalue weighted by atomic mass is 9.97. The summed E-state index contributed by atoms with van der Waals surface area (Å²) in [5.74, 6) is 1.45. The van der Waals surface area contributed by atoms with Crippen LogP contribution in [-0.2, 0) is 11.3 Å². The first-order valence-corrected chi connectivity index (χ1v) is 12.2. The van der Waals surface area contributed by atoms with Gasteiger partial charge < -0.3 is 15.0 Å². The molecular weight excluding hydrogens is 432 g/mol. The summed E-state index contributed by atoms with van der Waals surface area (Å²) >= 11 is 1.49. The number of hydrogen-bond acceptors (Lipinski definition) is 6. The minimum atomic E-state index is -0.380. The molecule has 5 rings (SSSR count). The van der Waals surface area contributed by atoms with E-state index in [1.54, 1.807) is 5.51 Å². The van der Waals surface area contributed by atoms with Crippen molar-refractivity contribution in [3.05, 3.63) is 77.2 Å². The van der Waals surface area contributed by atoms with Gasteiger partial charge in [0, 0.05) is 30.6 Å². The van der Waals surface area contributed by atoms with Gasteiger partial charge in [-0.3, -0.25) is 0 Å². The van der Waals surface area contributed by atoms with E-state index < -0.39 is 0 Å². The van der Waals surface area contributed by atoms with E-state index in [1.165, 1.54) is 22.1 Å². The van der Waals surface area contributed by atoms with Crippen LogP contribution in [0.25, 0.3) is 22.0 Å². The summed E-state index contributed by atoms with van der Waals surface area (Å²) in [5, 5.41) is 7.22. The molecule has 0 radical (unpaired) electrons. The van der Waals surface area contributed by atoms with Crippen LogP contribution < -0.4 is 10.2 Å². The number of nitrogens with zero attached hydrogens (tertiary/aromatic N) is 3. The molecule has 3 heterocycles. The Morgan fingerprint density at radius 3 is 2.73 bits per heavy atom. The number of pyridine rings is 1. The van der Waals surface area contributed by atoms with Gasteiger partial charge in [0.2, 0.25) is 0 Å². The van der Waals surface area contributed by atoms with Gasteiger partial charge in [-0.15, -0.1) is 11.3 Å². The third-order valence-electron chi connectivity index (χ3n) is 6.11. The molecule has 2 aromatic carbocycles. The monoisotopic (exact) mass is 458 g/mol. The predicted molar refractivity (Wildman–Crippen MR) is 132 cm³/mol. The topological polar surface area (TPSA) is 67.4 Å². The molecule has 4 aromatic rings. The average Bonchev–Trinajstić information content (AvgIpc) is 3.40. The zero-order valence-electron chi connectivity index (χ0n) is 18.3. The molecule has 0 unspecified atom stereocenters. The highest BCUT2D eigenvalue weighted by Gasteiger charge is 2.21. The number of fused-ring (bicyclic) bond motifs is 1. The first kappa shape index (κ1) is 21.4. The molecule has 1 amide bonds. The van der Waals surface area contributed by atoms with Gasteiger partial charge in [-0.1, -0.05) is 48.5 Å². The van der Waals surface area contributed by atoms with E-state index in [0.717, 1.165) is 48.7 Å². The Balaban J connectivity index is 1.16. The van der Waals surface area contributed by atoms with E-state index in [0.29, 0.717) is 12.5 Å². The fourth-order valence-corrected chi connectivity index (χ4v) is 4.83. The lowest BCUT2D eigenvalue weighted by molar-refractivity contribution is 0.136. The van der Waals surface area contributed by atoms with Crippen LogP contribution in [0, 0.1) is 5.92 Å². The van der Waals surface area contributed by atoms with Gasteiger partial charge in [-0.05, 0) is 41.7 Å². The standard InChI is InChI=1S/C26H26N4O2S/c31-26(32-16-21-17-33-18-28-21)27-15-19-11-13-30(14-12-19)25-10-4-9-24(29-25)23-8-3-6-20-5-1-2-7-22(20)23/h1-10,17-19H,11-16H2,(H,27,31). The number of rotatable bonds is 6. The number of amides is 1. The molecule has 2 aromatic heterocycles. The Labute approximate surface area is 197 Å². The summed E-state index contributed by atoms with van der Waals surface area (Å²) < 4.78 is 5.23. The molecule has 0 saturated carbocycles. The number of anilines is 1. The second-order valence-electron chi connectivity index (χ2n) is 8.27. The highest BCUT2D eigenvalue weighted by Crippen LogP contribution is 2.29. The van der Waals surface area contributed by atoms with Gasteiger partial charge in [0.1, 0.15) is 12.4 Å². The van der Waals surface area contributed by atoms with Gasteiger partial charge >= 0.3 is 6.09 Å². The normalized spacial score (nSPS) is 14.4. The van der Waals surface area contributed by atoms with Crippen molar-refractivity contribution >= 4 is 34.0 Å². The number of benzene rings is 2. The zero-order valence-corrected chi connectivity index (χ0v) is 19.1. The third-order valence-corrected chi connectivity index (χ3v) is 6.74. The van der Waals surface area contributed by atoms with Crippen molar-refractivity contribution in [1.29, 1.82) is 0 Å². The smallest absolute Gasteiger partial charge is 0.407 e. The largest absolute Gasteiger partial charge is 0.443 e. The van der Waals surface area contributed by atoms with Crippen LogP contribution in [0.5, 0.6) is 0 Å². The molecule has 0 atom stereocenters. The van der Waals surface area contributed by atoms with E-state index in [-0.39, 0.29) is 12.7 Å². The summed E-state index contributed by atoms with van der Waals surface area (Å²) in [6.07, 6.45) is 1.63. The Morgan fingerprint density at radius 1 is 1.06 bits per heavy atom. The van der Waals surface area contributed by atoms with E-state index >= 15 is 0 Å². The minimum Gasteiger partial charge on any atom is -0.443 e. The number of piperidine rings is 1. The number of alkyl carbamates (subject to hydrolysis) is 1. The minimum absolute atomic E-state index is 0.215. The summed E-state index contributed by atoms with van der Waals surface area (Å²) in [5.41, 5.74) is 4.67. The Morgan fingerprint density at radius 2 is 1.88 bits per heavy atom. The predicted octanol–water partition coefficient (Wildman–Crippen LogP) is 5.50. The van der Waals surface area contributed by atoms with Crippen LogP contribution in [0.4, 0.5) is 10.6 Å². The van der Waals surface area contributed by atoms with E-state index in [9.17, 15) is 4.79 Å². The van der Waals surface area contributed by atoms with Crippen LogP contribution in [0.3, 0.4) is 0 Å². The molecule has 0 bridgehead atoms. The lowest BCUT2D eigenvalue weighted by Gasteiger charge is -2.33. The first-order chi connectivity index (χ1) is 16.3. The number of ether oxygens (including phenoxy) is 1. The summed E-state index contributed by atoms with van der Waals surface area (Å²) in [6, 6.07) is 21.0. The molecular formula is C26H26N4O2S. The van der Waals surface area contributed by atoms with E-state index in [2.05, 4.69) is 75.9 Å². The maximum absolute atomic E-state index is 12.0. The van der Waals surface area contributed by atoms with Crippen molar-refractivity contribution in [2.75, 3.05) is 24.5 Å². The second kappa shape index (κ2) is 10.0. The van der Waals surface area contributed by atoms with E-state index in [1.807, 2.05) is 5.38 Å². The SMILES string of the molecule is O=C(NCC1CCN(c2cccc(-c3cccc4ccccc34)n2)CC1)OCc1cscn1. The van der Waals surface area contributed by atoms with Crippen molar-refractivity contribution in [1.82, 2.24) is 15.3 Å². The Bertz CT molecular complexity index is 1210. The molecule has 1 aliphatic heterocycles. The lowest BCUT2D eigenvalue weighted by Crippen LogP contribution is -2.39. The van der Waals surface area contributed by atoms with Crippen molar-refractivity contribution in [3.8, 4) is 11.3 Å². The fraction of sp³-hybridized carbons (Fsp3) is 0.269. The number of carbonyl (C=O) groups excluding carboxylic acids is 1. The molecule has 1 N–H and O–H groups in total. The third kappa shape index (κ3) is 5.14. The second-order valence-corrected chi connectivity index (χ2v) is 8.99. The molecule has 1 saturated heterocycles. The number of hydrogen-bond donors (Lipinski definition) is 1. The molecule has 1 aliphatic rings. The van der Waals surface area contributed by atoms with Crippen LogP contribution in [0.1, 0.15) is 18.5 Å². The van der Waals surface area contributed by atoms with Crippen molar-refractivity contribution in [2.24, 2.45) is 5.92 Å². The quantitative estimate of drug-likeness (QED) is 0.413. The van der Waals surface area contributed by atoms with Crippen molar-refractivity contribution in [3.63, 3.8) is 0 Å². The molecule has 168 valence electrons. The highest BCUT2D eigenvalue weighted by molar-refractivity contribution is 7.07. The van der Waals surface area contributed by atoms with Gasteiger partial charge in [0.15, 0.2) is 0 Å². The van der Waals surface area contributed by atoms with Gasteiger partial charge in [0.25, 0.3) is 0 Å². The fourth-order valence-electron chi connectivity index (χ4n) is 4.29. The summed E-state index contributed by atoms with van der Waals surface area (Å²) in [7, 11) is 0. The van der Waals surface area contributed by atoms with Gasteiger partial charge in [0.05, 0.1) is 16.9 Å². The van der Waals surface area contributed by atoms with Crippen LogP contribution in [0.2, 0.25) is 0 Å². The molecule has 0 spiro atoms. The molecule has 6 nitrogen and oxygen atoms in total. The molecule has 0 aliphatic carbocycles. The van der Waals surface area contributed by atoms with Crippen LogP contribution in [-0.4, -0.2) is 35.7 Å². The van der Waals surface area contributed by atoms with Crippen LogP contribution >= 0.6 is 11.3 Å². The molecule has 33 heavy (non-hydrogen) atoms. The Hall–Kier alpha value is -3.45. The number of carbonyl (C=O) groups is 1. The van der Waals surface area contributed by atoms with E-state index in [4.69, 9.17) is 9.72 Å². The van der Waals surface area contributed by atoms with Gasteiger partial charge in [-0.25, -0.2) is 14.8 Å². The van der Waals surface area contributed by atoms with Crippen LogP contribution in [0.15, 0.2) is 71.6 Å². The number of thiazole rings is 1. The molecule has 1 fully saturated rings. The first-order valence-electron chi connectivity index (χ1n) is 11.2.